The molecule has 0 aliphatic heterocycles. The smallest absolute Gasteiger partial charge is 0.159 e. The predicted octanol–water partition coefficient (Wildman–Crippen LogP) is 17.7. The van der Waals surface area contributed by atoms with Crippen LogP contribution in [0.3, 0.4) is 0 Å². The zero-order valence-corrected chi connectivity index (χ0v) is 36.0. The Balaban J connectivity index is 0.987. The molecular weight excluding hydrogens is 811 g/mol. The molecule has 0 bridgehead atoms. The Kier molecular flexibility index (Phi) is 8.68. The summed E-state index contributed by atoms with van der Waals surface area (Å²) in [6.07, 6.45) is 0. The summed E-state index contributed by atoms with van der Waals surface area (Å²) in [6.45, 7) is 0. The highest BCUT2D eigenvalue weighted by Crippen LogP contribution is 2.47. The number of nitrogens with zero attached hydrogens (tertiary/aromatic N) is 3. The van der Waals surface area contributed by atoms with E-state index in [0.717, 1.165) is 72.9 Å². The maximum Gasteiger partial charge on any atom is 0.159 e. The Bertz CT molecular complexity index is 3870. The van der Waals surface area contributed by atoms with Gasteiger partial charge in [0.25, 0.3) is 0 Å². The lowest BCUT2D eigenvalue weighted by atomic mass is 10.0. The van der Waals surface area contributed by atoms with E-state index < -0.39 is 0 Å². The van der Waals surface area contributed by atoms with Gasteiger partial charge in [0.2, 0.25) is 0 Å². The molecule has 0 atom stereocenters. The number of hydrogen-bond donors (Lipinski definition) is 0. The normalized spacial score (nSPS) is 11.7. The fourth-order valence-corrected chi connectivity index (χ4v) is 10.9. The molecule has 5 heteroatoms. The molecule has 0 saturated heterocycles. The molecular formula is C60H39N3OS. The number of anilines is 6. The summed E-state index contributed by atoms with van der Waals surface area (Å²) in [6, 6.07) is 85.0. The molecule has 3 aromatic heterocycles. The topological polar surface area (TPSA) is 24.6 Å². The van der Waals surface area contributed by atoms with Crippen molar-refractivity contribution >= 4 is 109 Å². The first-order valence-electron chi connectivity index (χ1n) is 22.0. The lowest BCUT2D eigenvalue weighted by Crippen LogP contribution is -2.13. The molecule has 0 aliphatic carbocycles. The van der Waals surface area contributed by atoms with Crippen LogP contribution in [0.25, 0.3) is 80.7 Å². The second-order valence-electron chi connectivity index (χ2n) is 16.5. The minimum atomic E-state index is 0.837. The quantitative estimate of drug-likeness (QED) is 0.152. The zero-order chi connectivity index (χ0) is 42.8. The van der Waals surface area contributed by atoms with E-state index in [1.54, 1.807) is 0 Å². The molecule has 0 aliphatic rings. The fraction of sp³-hybridized carbons (Fsp3) is 0. The minimum Gasteiger partial charge on any atom is -0.454 e. The van der Waals surface area contributed by atoms with Gasteiger partial charge in [0.15, 0.2) is 5.58 Å². The van der Waals surface area contributed by atoms with Crippen molar-refractivity contribution < 1.29 is 4.42 Å². The van der Waals surface area contributed by atoms with Crippen molar-refractivity contribution in [3.63, 3.8) is 0 Å². The molecule has 0 saturated carbocycles. The lowest BCUT2D eigenvalue weighted by molar-refractivity contribution is 0.669. The number of benzene rings is 10. The average Bonchev–Trinajstić information content (AvgIpc) is 4.04. The minimum absolute atomic E-state index is 0.837. The highest BCUT2D eigenvalue weighted by molar-refractivity contribution is 7.25. The number of hydrogen-bond acceptors (Lipinski definition) is 4. The Morgan fingerprint density at radius 1 is 0.338 bits per heavy atom. The third kappa shape index (κ3) is 6.20. The summed E-state index contributed by atoms with van der Waals surface area (Å²) in [7, 11) is 0. The number of rotatable bonds is 8. The van der Waals surface area contributed by atoms with Gasteiger partial charge in [-0.25, -0.2) is 0 Å². The predicted molar refractivity (Wildman–Crippen MR) is 276 cm³/mol. The van der Waals surface area contributed by atoms with Crippen molar-refractivity contribution in [2.75, 3.05) is 9.80 Å². The molecule has 0 fully saturated rings. The number of thiophene rings is 1. The largest absolute Gasteiger partial charge is 0.454 e. The summed E-state index contributed by atoms with van der Waals surface area (Å²) in [5.74, 6) is 0. The second-order valence-corrected chi connectivity index (χ2v) is 17.6. The van der Waals surface area contributed by atoms with Gasteiger partial charge in [-0.1, -0.05) is 133 Å². The first-order valence-corrected chi connectivity index (χ1v) is 22.8. The van der Waals surface area contributed by atoms with Crippen molar-refractivity contribution in [1.29, 1.82) is 0 Å². The molecule has 65 heavy (non-hydrogen) atoms. The summed E-state index contributed by atoms with van der Waals surface area (Å²) < 4.78 is 11.9. The van der Waals surface area contributed by atoms with Crippen molar-refractivity contribution in [3.8, 4) is 16.8 Å². The van der Waals surface area contributed by atoms with Gasteiger partial charge in [0, 0.05) is 75.8 Å². The first kappa shape index (κ1) is 37.2. The molecule has 0 spiro atoms. The maximum atomic E-state index is 6.98. The van der Waals surface area contributed by atoms with Gasteiger partial charge in [-0.05, 0) is 114 Å². The second kappa shape index (κ2) is 15.2. The van der Waals surface area contributed by atoms with Gasteiger partial charge in [0.1, 0.15) is 5.58 Å². The van der Waals surface area contributed by atoms with Crippen LogP contribution >= 0.6 is 11.3 Å². The number of fused-ring (bicyclic) bond motifs is 9. The van der Waals surface area contributed by atoms with Crippen LogP contribution in [-0.4, -0.2) is 4.57 Å². The van der Waals surface area contributed by atoms with Gasteiger partial charge in [-0.3, -0.25) is 0 Å². The molecule has 0 amide bonds. The number of para-hydroxylation sites is 5. The summed E-state index contributed by atoms with van der Waals surface area (Å²) >= 11 is 1.83. The highest BCUT2D eigenvalue weighted by atomic mass is 32.1. The molecule has 0 N–H and O–H groups in total. The van der Waals surface area contributed by atoms with Crippen molar-refractivity contribution in [1.82, 2.24) is 4.57 Å². The van der Waals surface area contributed by atoms with Crippen LogP contribution in [0.2, 0.25) is 0 Å². The molecule has 3 heterocycles. The van der Waals surface area contributed by atoms with Crippen LogP contribution in [0, 0.1) is 0 Å². The summed E-state index contributed by atoms with van der Waals surface area (Å²) in [4.78, 5) is 4.68. The van der Waals surface area contributed by atoms with E-state index in [0.29, 0.717) is 0 Å². The van der Waals surface area contributed by atoms with Crippen molar-refractivity contribution in [3.05, 3.63) is 237 Å². The summed E-state index contributed by atoms with van der Waals surface area (Å²) in [5.41, 5.74) is 13.8. The van der Waals surface area contributed by atoms with E-state index >= 15 is 0 Å². The van der Waals surface area contributed by atoms with Crippen LogP contribution in [-0.2, 0) is 0 Å². The van der Waals surface area contributed by atoms with E-state index in [9.17, 15) is 0 Å². The first-order chi connectivity index (χ1) is 32.2. The maximum absolute atomic E-state index is 6.98. The Hall–Kier alpha value is -8.38. The Morgan fingerprint density at radius 2 is 0.908 bits per heavy atom. The molecule has 4 nitrogen and oxygen atoms in total. The Morgan fingerprint density at radius 3 is 1.71 bits per heavy atom. The average molecular weight is 850 g/mol. The van der Waals surface area contributed by atoms with Crippen LogP contribution in [0.1, 0.15) is 0 Å². The SMILES string of the molecule is c1ccc(N(c2ccccc2)c2cccc(N(c3ccc4c(c3)sc3ccccc34)c3cccc4c3oc3ccc(-c5ccc6c7ccccc7n(-c7ccccc7)c6c5)cc34)c2)cc1. The molecule has 0 unspecified atom stereocenters. The van der Waals surface area contributed by atoms with Crippen molar-refractivity contribution in [2.45, 2.75) is 0 Å². The van der Waals surface area contributed by atoms with E-state index in [1.165, 1.54) is 42.0 Å². The van der Waals surface area contributed by atoms with E-state index in [4.69, 9.17) is 4.42 Å². The standard InChI is InChI=1S/C60H39N3OS/c1-4-16-42(17-5-1)61(43-18-6-2-7-19-43)45-22-14-23-46(38-45)62(47-32-34-51-50-25-11-13-29-58(50)65-59(51)39-47)55-28-15-26-52-53-36-40(31-35-57(53)64-60(52)55)41-30-33-49-48-24-10-12-27-54(48)63(56(49)37-41)44-20-8-3-9-21-44/h1-39H. The van der Waals surface area contributed by atoms with Crippen molar-refractivity contribution in [2.24, 2.45) is 0 Å². The molecule has 306 valence electrons. The fourth-order valence-electron chi connectivity index (χ4n) is 9.80. The third-order valence-corrected chi connectivity index (χ3v) is 13.9. The molecule has 0 radical (unpaired) electrons. The lowest BCUT2D eigenvalue weighted by Gasteiger charge is -2.29. The van der Waals surface area contributed by atoms with Crippen LogP contribution < -0.4 is 9.80 Å². The number of aromatic nitrogens is 1. The van der Waals surface area contributed by atoms with Gasteiger partial charge in [-0.15, -0.1) is 11.3 Å². The van der Waals surface area contributed by atoms with Gasteiger partial charge < -0.3 is 18.8 Å². The van der Waals surface area contributed by atoms with Crippen LogP contribution in [0.5, 0.6) is 0 Å². The molecule has 13 aromatic rings. The van der Waals surface area contributed by atoms with Gasteiger partial charge >= 0.3 is 0 Å². The summed E-state index contributed by atoms with van der Waals surface area (Å²) in [5, 5.41) is 7.18. The van der Waals surface area contributed by atoms with Crippen LogP contribution in [0.15, 0.2) is 241 Å². The molecule has 10 aromatic carbocycles. The zero-order valence-electron chi connectivity index (χ0n) is 35.2. The monoisotopic (exact) mass is 849 g/mol. The van der Waals surface area contributed by atoms with E-state index in [-0.39, 0.29) is 0 Å². The van der Waals surface area contributed by atoms with Gasteiger partial charge in [-0.2, -0.15) is 0 Å². The van der Waals surface area contributed by atoms with E-state index in [1.807, 2.05) is 11.3 Å². The van der Waals surface area contributed by atoms with E-state index in [2.05, 4.69) is 251 Å². The Labute approximate surface area is 379 Å². The molecule has 13 rings (SSSR count). The highest BCUT2D eigenvalue weighted by Gasteiger charge is 2.23. The number of furan rings is 1. The van der Waals surface area contributed by atoms with Crippen LogP contribution in [0.4, 0.5) is 34.1 Å². The third-order valence-electron chi connectivity index (χ3n) is 12.7. The van der Waals surface area contributed by atoms with Gasteiger partial charge in [0.05, 0.1) is 16.7 Å².